The molecule has 28 heavy (non-hydrogen) atoms. The van der Waals surface area contributed by atoms with Crippen molar-refractivity contribution in [2.24, 2.45) is 0 Å². The van der Waals surface area contributed by atoms with Crippen molar-refractivity contribution in [2.45, 2.75) is 25.9 Å². The van der Waals surface area contributed by atoms with Crippen molar-refractivity contribution >= 4 is 35.4 Å². The first-order valence-corrected chi connectivity index (χ1v) is 8.72. The lowest BCUT2D eigenvalue weighted by Gasteiger charge is -2.16. The Labute approximate surface area is 161 Å². The van der Waals surface area contributed by atoms with Gasteiger partial charge in [0.1, 0.15) is 6.54 Å². The minimum absolute atomic E-state index is 0.0505. The molecule has 1 atom stereocenters. The monoisotopic (exact) mass is 390 g/mol. The van der Waals surface area contributed by atoms with Gasteiger partial charge in [0, 0.05) is 31.3 Å². The molecule has 1 aliphatic rings. The molecule has 1 aliphatic heterocycles. The van der Waals surface area contributed by atoms with Crippen molar-refractivity contribution in [2.75, 3.05) is 25.0 Å². The number of carbonyl (C=O) groups excluding carboxylic acids is 5. The molecule has 2 rings (SSSR count). The predicted molar refractivity (Wildman–Crippen MR) is 98.5 cm³/mol. The van der Waals surface area contributed by atoms with Crippen LogP contribution >= 0.6 is 0 Å². The van der Waals surface area contributed by atoms with E-state index in [2.05, 4.69) is 10.6 Å². The molecular formula is C18H22N4O6. The van der Waals surface area contributed by atoms with Gasteiger partial charge in [-0.1, -0.05) is 0 Å². The number of ether oxygens (including phenoxy) is 1. The lowest BCUT2D eigenvalue weighted by Crippen LogP contribution is -2.44. The molecule has 5 amide bonds. The average molecular weight is 390 g/mol. The second-order valence-electron chi connectivity index (χ2n) is 6.08. The van der Waals surface area contributed by atoms with Crippen LogP contribution in [-0.4, -0.2) is 56.0 Å². The Morgan fingerprint density at radius 3 is 2.43 bits per heavy atom. The summed E-state index contributed by atoms with van der Waals surface area (Å²) < 4.78 is 4.85. The molecule has 3 N–H and O–H groups in total. The zero-order valence-electron chi connectivity index (χ0n) is 15.6. The second kappa shape index (κ2) is 9.49. The number of hydrogen-bond donors (Lipinski definition) is 3. The fourth-order valence-electron chi connectivity index (χ4n) is 2.54. The standard InChI is InChI=1S/C18H22N4O6/c1-11(16(25)21-18(27)19-2)28-15(24)10-20-17(26)12-5-7-13(8-6-12)22-9-3-4-14(22)23/h5-8,11H,3-4,9-10H2,1-2H3,(H,20,26)(H2,19,21,25,27)/t11-/m1/s1. The first-order chi connectivity index (χ1) is 13.3. The van der Waals surface area contributed by atoms with Gasteiger partial charge in [0.2, 0.25) is 5.91 Å². The third-order valence-corrected chi connectivity index (χ3v) is 4.05. The number of benzene rings is 1. The summed E-state index contributed by atoms with van der Waals surface area (Å²) in [7, 11) is 1.34. The van der Waals surface area contributed by atoms with Gasteiger partial charge in [-0.05, 0) is 37.6 Å². The third-order valence-electron chi connectivity index (χ3n) is 4.05. The molecule has 0 bridgehead atoms. The Balaban J connectivity index is 1.81. The van der Waals surface area contributed by atoms with Crippen molar-refractivity contribution in [1.82, 2.24) is 16.0 Å². The van der Waals surface area contributed by atoms with Gasteiger partial charge < -0.3 is 20.3 Å². The lowest BCUT2D eigenvalue weighted by atomic mass is 10.2. The van der Waals surface area contributed by atoms with Crippen LogP contribution in [0, 0.1) is 0 Å². The maximum Gasteiger partial charge on any atom is 0.326 e. The topological polar surface area (TPSA) is 134 Å². The molecule has 1 saturated heterocycles. The van der Waals surface area contributed by atoms with E-state index >= 15 is 0 Å². The summed E-state index contributed by atoms with van der Waals surface area (Å²) in [6.45, 7) is 1.51. The van der Waals surface area contributed by atoms with Gasteiger partial charge in [-0.3, -0.25) is 24.5 Å². The van der Waals surface area contributed by atoms with E-state index in [0.717, 1.165) is 12.1 Å². The van der Waals surface area contributed by atoms with Gasteiger partial charge in [-0.15, -0.1) is 0 Å². The minimum Gasteiger partial charge on any atom is -0.451 e. The quantitative estimate of drug-likeness (QED) is 0.582. The molecule has 1 aromatic rings. The van der Waals surface area contributed by atoms with Crippen molar-refractivity contribution in [3.05, 3.63) is 29.8 Å². The summed E-state index contributed by atoms with van der Waals surface area (Å²) in [6.07, 6.45) is 0.131. The van der Waals surface area contributed by atoms with Gasteiger partial charge in [0.25, 0.3) is 11.8 Å². The van der Waals surface area contributed by atoms with Crippen molar-refractivity contribution in [3.63, 3.8) is 0 Å². The van der Waals surface area contributed by atoms with Crippen LogP contribution in [0.4, 0.5) is 10.5 Å². The molecule has 0 aliphatic carbocycles. The highest BCUT2D eigenvalue weighted by Crippen LogP contribution is 2.21. The normalized spacial score (nSPS) is 14.2. The fourth-order valence-corrected chi connectivity index (χ4v) is 2.54. The van der Waals surface area contributed by atoms with Crippen molar-refractivity contribution < 1.29 is 28.7 Å². The van der Waals surface area contributed by atoms with Crippen LogP contribution in [0.1, 0.15) is 30.1 Å². The average Bonchev–Trinajstić information content (AvgIpc) is 3.11. The van der Waals surface area contributed by atoms with E-state index in [9.17, 15) is 24.0 Å². The van der Waals surface area contributed by atoms with E-state index in [4.69, 9.17) is 4.74 Å². The summed E-state index contributed by atoms with van der Waals surface area (Å²) in [5.41, 5.74) is 1.03. The number of hydrogen-bond acceptors (Lipinski definition) is 6. The number of rotatable bonds is 6. The Bertz CT molecular complexity index is 777. The van der Waals surface area contributed by atoms with Crippen LogP contribution in [0.25, 0.3) is 0 Å². The molecule has 0 radical (unpaired) electrons. The number of amides is 5. The molecule has 1 aromatic carbocycles. The Morgan fingerprint density at radius 1 is 1.18 bits per heavy atom. The highest BCUT2D eigenvalue weighted by Gasteiger charge is 2.22. The first-order valence-electron chi connectivity index (χ1n) is 8.72. The van der Waals surface area contributed by atoms with E-state index in [1.54, 1.807) is 29.2 Å². The van der Waals surface area contributed by atoms with E-state index < -0.39 is 36.5 Å². The molecule has 0 aromatic heterocycles. The number of nitrogens with zero attached hydrogens (tertiary/aromatic N) is 1. The fraction of sp³-hybridized carbons (Fsp3) is 0.389. The first kappa shape index (κ1) is 20.9. The minimum atomic E-state index is -1.20. The smallest absolute Gasteiger partial charge is 0.326 e. The zero-order chi connectivity index (χ0) is 20.7. The number of imide groups is 1. The molecule has 10 nitrogen and oxygen atoms in total. The maximum absolute atomic E-state index is 12.1. The Morgan fingerprint density at radius 2 is 1.86 bits per heavy atom. The highest BCUT2D eigenvalue weighted by molar-refractivity contribution is 5.99. The predicted octanol–water partition coefficient (Wildman–Crippen LogP) is -0.0695. The van der Waals surface area contributed by atoms with Gasteiger partial charge >= 0.3 is 12.0 Å². The van der Waals surface area contributed by atoms with E-state index in [1.807, 2.05) is 5.32 Å². The number of urea groups is 1. The molecule has 0 spiro atoms. The number of nitrogens with one attached hydrogen (secondary N) is 3. The van der Waals surface area contributed by atoms with Crippen LogP contribution < -0.4 is 20.9 Å². The van der Waals surface area contributed by atoms with Crippen LogP contribution in [0.5, 0.6) is 0 Å². The van der Waals surface area contributed by atoms with Crippen LogP contribution in [0.3, 0.4) is 0 Å². The largest absolute Gasteiger partial charge is 0.451 e. The molecule has 1 heterocycles. The summed E-state index contributed by atoms with van der Waals surface area (Å²) in [5.74, 6) is -2.06. The molecule has 150 valence electrons. The van der Waals surface area contributed by atoms with Crippen LogP contribution in [-0.2, 0) is 19.1 Å². The van der Waals surface area contributed by atoms with Crippen LogP contribution in [0.2, 0.25) is 0 Å². The van der Waals surface area contributed by atoms with Crippen molar-refractivity contribution in [3.8, 4) is 0 Å². The SMILES string of the molecule is CNC(=O)NC(=O)[C@@H](C)OC(=O)CNC(=O)c1ccc(N2CCCC2=O)cc1. The Hall–Kier alpha value is -3.43. The third kappa shape index (κ3) is 5.53. The summed E-state index contributed by atoms with van der Waals surface area (Å²) in [4.78, 5) is 59.9. The van der Waals surface area contributed by atoms with Gasteiger partial charge in [0.15, 0.2) is 6.10 Å². The summed E-state index contributed by atoms with van der Waals surface area (Å²) >= 11 is 0. The second-order valence-corrected chi connectivity index (χ2v) is 6.08. The van der Waals surface area contributed by atoms with E-state index in [0.29, 0.717) is 18.5 Å². The highest BCUT2D eigenvalue weighted by atomic mass is 16.5. The summed E-state index contributed by atoms with van der Waals surface area (Å²) in [5, 5.41) is 6.56. The molecule has 1 fully saturated rings. The van der Waals surface area contributed by atoms with E-state index in [1.165, 1.54) is 14.0 Å². The van der Waals surface area contributed by atoms with Gasteiger partial charge in [-0.25, -0.2) is 4.79 Å². The lowest BCUT2D eigenvalue weighted by molar-refractivity contribution is -0.153. The molecule has 0 unspecified atom stereocenters. The number of anilines is 1. The summed E-state index contributed by atoms with van der Waals surface area (Å²) in [6, 6.07) is 5.73. The Kier molecular flexibility index (Phi) is 7.08. The molecule has 0 saturated carbocycles. The van der Waals surface area contributed by atoms with E-state index in [-0.39, 0.29) is 5.91 Å². The number of esters is 1. The van der Waals surface area contributed by atoms with Crippen molar-refractivity contribution in [1.29, 1.82) is 0 Å². The molecule has 10 heteroatoms. The number of carbonyl (C=O) groups is 5. The van der Waals surface area contributed by atoms with Gasteiger partial charge in [0.05, 0.1) is 0 Å². The van der Waals surface area contributed by atoms with Crippen LogP contribution in [0.15, 0.2) is 24.3 Å². The maximum atomic E-state index is 12.1. The van der Waals surface area contributed by atoms with Gasteiger partial charge in [-0.2, -0.15) is 0 Å². The zero-order valence-corrected chi connectivity index (χ0v) is 15.6. The molecular weight excluding hydrogens is 368 g/mol.